The van der Waals surface area contributed by atoms with Crippen LogP contribution in [-0.4, -0.2) is 15.0 Å². The van der Waals surface area contributed by atoms with E-state index in [4.69, 9.17) is 27.6 Å². The minimum Gasteiger partial charge on any atom is -0.442 e. The van der Waals surface area contributed by atoms with Crippen LogP contribution in [0, 0.1) is 6.92 Å². The molecule has 0 N–H and O–H groups in total. The minimum atomic E-state index is 0.0864. The van der Waals surface area contributed by atoms with E-state index in [1.807, 2.05) is 6.92 Å². The van der Waals surface area contributed by atoms with Gasteiger partial charge in [0.15, 0.2) is 12.2 Å². The lowest BCUT2D eigenvalue weighted by Gasteiger charge is -1.97. The van der Waals surface area contributed by atoms with Gasteiger partial charge in [0.25, 0.3) is 0 Å². The molecule has 0 aromatic carbocycles. The third-order valence-corrected chi connectivity index (χ3v) is 2.01. The molecule has 0 aliphatic heterocycles. The minimum absolute atomic E-state index is 0.0864. The molecule has 0 bridgehead atoms. The Morgan fingerprint density at radius 3 is 2.64 bits per heavy atom. The molecule has 0 amide bonds. The number of rotatable bonds is 1. The first-order chi connectivity index (χ1) is 6.66. The van der Waals surface area contributed by atoms with E-state index in [-0.39, 0.29) is 10.4 Å². The Kier molecular flexibility index (Phi) is 2.39. The maximum Gasteiger partial charge on any atom is 0.224 e. The van der Waals surface area contributed by atoms with E-state index < -0.39 is 0 Å². The number of halogens is 2. The molecule has 0 radical (unpaired) electrons. The van der Waals surface area contributed by atoms with E-state index in [1.54, 1.807) is 6.07 Å². The number of nitrogens with zero attached hydrogens (tertiary/aromatic N) is 3. The van der Waals surface area contributed by atoms with Gasteiger partial charge >= 0.3 is 0 Å². The zero-order chi connectivity index (χ0) is 10.1. The predicted molar refractivity (Wildman–Crippen MR) is 52.3 cm³/mol. The van der Waals surface area contributed by atoms with Crippen molar-refractivity contribution >= 4 is 23.2 Å². The summed E-state index contributed by atoms with van der Waals surface area (Å²) in [6.07, 6.45) is 1.34. The van der Waals surface area contributed by atoms with E-state index >= 15 is 0 Å². The number of hydrogen-bond donors (Lipinski definition) is 0. The van der Waals surface area contributed by atoms with E-state index in [0.29, 0.717) is 11.5 Å². The summed E-state index contributed by atoms with van der Waals surface area (Å²) in [4.78, 5) is 11.6. The van der Waals surface area contributed by atoms with Gasteiger partial charge in [-0.15, -0.1) is 0 Å². The van der Waals surface area contributed by atoms with Crippen molar-refractivity contribution in [2.24, 2.45) is 0 Å². The Morgan fingerprint density at radius 1 is 1.29 bits per heavy atom. The molecular formula is C8H5Cl2N3O. The van der Waals surface area contributed by atoms with E-state index in [2.05, 4.69) is 15.0 Å². The van der Waals surface area contributed by atoms with Crippen LogP contribution in [0.4, 0.5) is 0 Å². The average molecular weight is 230 g/mol. The smallest absolute Gasteiger partial charge is 0.224 e. The Bertz CT molecular complexity index is 449. The van der Waals surface area contributed by atoms with Gasteiger partial charge in [-0.2, -0.15) is 0 Å². The van der Waals surface area contributed by atoms with Crippen LogP contribution in [0.2, 0.25) is 10.4 Å². The maximum atomic E-state index is 5.72. The first kappa shape index (κ1) is 9.43. The highest BCUT2D eigenvalue weighted by atomic mass is 35.5. The van der Waals surface area contributed by atoms with E-state index in [1.165, 1.54) is 6.39 Å². The second-order valence-corrected chi connectivity index (χ2v) is 3.34. The molecule has 0 saturated carbocycles. The van der Waals surface area contributed by atoms with E-state index in [9.17, 15) is 0 Å². The van der Waals surface area contributed by atoms with Gasteiger partial charge in [0.2, 0.25) is 5.28 Å². The standard InChI is InChI=1S/C8H5Cl2N3O/c1-4-7(14-3-11-4)5-2-6(9)13-8(10)12-5/h2-3H,1H3. The predicted octanol–water partition coefficient (Wildman–Crippen LogP) is 2.75. The molecule has 2 aromatic heterocycles. The Hall–Kier alpha value is -1.13. The molecule has 0 aliphatic rings. The van der Waals surface area contributed by atoms with Crippen LogP contribution in [0.25, 0.3) is 11.5 Å². The summed E-state index contributed by atoms with van der Waals surface area (Å²) in [5.74, 6) is 0.552. The number of aromatic nitrogens is 3. The normalized spacial score (nSPS) is 10.5. The van der Waals surface area contributed by atoms with Crippen LogP contribution in [0.1, 0.15) is 5.69 Å². The SMILES string of the molecule is Cc1ncoc1-c1cc(Cl)nc(Cl)n1. The third-order valence-electron chi connectivity index (χ3n) is 1.65. The fraction of sp³-hybridized carbons (Fsp3) is 0.125. The number of oxazole rings is 1. The van der Waals surface area contributed by atoms with Crippen molar-refractivity contribution in [3.63, 3.8) is 0 Å². The van der Waals surface area contributed by atoms with Gasteiger partial charge in [0, 0.05) is 6.07 Å². The van der Waals surface area contributed by atoms with Gasteiger partial charge in [-0.1, -0.05) is 11.6 Å². The Labute approximate surface area is 89.9 Å². The monoisotopic (exact) mass is 229 g/mol. The second-order valence-electron chi connectivity index (χ2n) is 2.61. The maximum absolute atomic E-state index is 5.72. The Morgan fingerprint density at radius 2 is 2.07 bits per heavy atom. The van der Waals surface area contributed by atoms with Crippen molar-refractivity contribution in [2.75, 3.05) is 0 Å². The zero-order valence-corrected chi connectivity index (χ0v) is 8.67. The van der Waals surface area contributed by atoms with Crippen molar-refractivity contribution in [3.05, 3.63) is 28.6 Å². The molecule has 0 atom stereocenters. The third kappa shape index (κ3) is 1.71. The largest absolute Gasteiger partial charge is 0.442 e. The van der Waals surface area contributed by atoms with Crippen molar-refractivity contribution in [3.8, 4) is 11.5 Å². The van der Waals surface area contributed by atoms with Crippen molar-refractivity contribution in [1.82, 2.24) is 15.0 Å². The highest BCUT2D eigenvalue weighted by Gasteiger charge is 2.10. The van der Waals surface area contributed by atoms with Gasteiger partial charge < -0.3 is 4.42 Å². The lowest BCUT2D eigenvalue weighted by molar-refractivity contribution is 0.569. The fourth-order valence-corrected chi connectivity index (χ4v) is 1.46. The van der Waals surface area contributed by atoms with Gasteiger partial charge in [-0.3, -0.25) is 0 Å². The number of hydrogen-bond acceptors (Lipinski definition) is 4. The molecule has 2 aromatic rings. The lowest BCUT2D eigenvalue weighted by Crippen LogP contribution is -1.88. The molecule has 0 aliphatic carbocycles. The van der Waals surface area contributed by atoms with Gasteiger partial charge in [-0.25, -0.2) is 15.0 Å². The quantitative estimate of drug-likeness (QED) is 0.558. The van der Waals surface area contributed by atoms with Crippen LogP contribution in [0.15, 0.2) is 16.9 Å². The van der Waals surface area contributed by atoms with Crippen LogP contribution >= 0.6 is 23.2 Å². The molecule has 72 valence electrons. The molecular weight excluding hydrogens is 225 g/mol. The molecule has 0 unspecified atom stereocenters. The summed E-state index contributed by atoms with van der Waals surface area (Å²) in [6.45, 7) is 1.81. The van der Waals surface area contributed by atoms with Crippen LogP contribution < -0.4 is 0 Å². The van der Waals surface area contributed by atoms with Gasteiger partial charge in [0.1, 0.15) is 10.8 Å². The zero-order valence-electron chi connectivity index (χ0n) is 7.16. The molecule has 6 heteroatoms. The highest BCUT2D eigenvalue weighted by molar-refractivity contribution is 6.32. The summed E-state index contributed by atoms with van der Waals surface area (Å²) < 4.78 is 5.14. The summed E-state index contributed by atoms with van der Waals surface area (Å²) in [7, 11) is 0. The topological polar surface area (TPSA) is 51.8 Å². The van der Waals surface area contributed by atoms with E-state index in [0.717, 1.165) is 5.69 Å². The summed E-state index contributed by atoms with van der Waals surface area (Å²) in [5.41, 5.74) is 1.26. The molecule has 14 heavy (non-hydrogen) atoms. The average Bonchev–Trinajstić information content (AvgIpc) is 2.49. The first-order valence-electron chi connectivity index (χ1n) is 3.77. The molecule has 2 rings (SSSR count). The van der Waals surface area contributed by atoms with Crippen molar-refractivity contribution in [1.29, 1.82) is 0 Å². The molecule has 4 nitrogen and oxygen atoms in total. The second kappa shape index (κ2) is 3.55. The first-order valence-corrected chi connectivity index (χ1v) is 4.53. The number of aryl methyl sites for hydroxylation is 1. The highest BCUT2D eigenvalue weighted by Crippen LogP contribution is 2.23. The molecule has 2 heterocycles. The summed E-state index contributed by atoms with van der Waals surface area (Å²) in [5, 5.41) is 0.360. The van der Waals surface area contributed by atoms with Gasteiger partial charge in [0.05, 0.1) is 5.69 Å². The van der Waals surface area contributed by atoms with Crippen molar-refractivity contribution < 1.29 is 4.42 Å². The fourth-order valence-electron chi connectivity index (χ4n) is 1.05. The van der Waals surface area contributed by atoms with Crippen molar-refractivity contribution in [2.45, 2.75) is 6.92 Å². The summed E-state index contributed by atoms with van der Waals surface area (Å²) >= 11 is 11.4. The van der Waals surface area contributed by atoms with Crippen LogP contribution in [0.3, 0.4) is 0 Å². The lowest BCUT2D eigenvalue weighted by atomic mass is 10.3. The van der Waals surface area contributed by atoms with Gasteiger partial charge in [-0.05, 0) is 18.5 Å². The Balaban J connectivity index is 2.57. The molecule has 0 saturated heterocycles. The molecule has 0 fully saturated rings. The molecule has 0 spiro atoms. The van der Waals surface area contributed by atoms with Crippen LogP contribution in [0.5, 0.6) is 0 Å². The van der Waals surface area contributed by atoms with Crippen LogP contribution in [-0.2, 0) is 0 Å². The summed E-state index contributed by atoms with van der Waals surface area (Å²) in [6, 6.07) is 1.57.